The van der Waals surface area contributed by atoms with Gasteiger partial charge in [0.15, 0.2) is 17.3 Å². The number of rotatable bonds is 6. The van der Waals surface area contributed by atoms with Gasteiger partial charge in [0.05, 0.1) is 6.54 Å². The summed E-state index contributed by atoms with van der Waals surface area (Å²) in [6.45, 7) is 6.15. The highest BCUT2D eigenvalue weighted by molar-refractivity contribution is 5.95. The molecule has 0 spiro atoms. The summed E-state index contributed by atoms with van der Waals surface area (Å²) in [5.74, 6) is -0.252. The third-order valence-corrected chi connectivity index (χ3v) is 2.39. The maximum absolute atomic E-state index is 11.2. The minimum absolute atomic E-state index is 0.00134. The van der Waals surface area contributed by atoms with Crippen LogP contribution in [0.5, 0.6) is 11.5 Å². The Labute approximate surface area is 101 Å². The maximum Gasteiger partial charge on any atom is 0.171 e. The topological polar surface area (TPSA) is 69.6 Å². The molecular formula is C13H17NO3. The van der Waals surface area contributed by atoms with Crippen molar-refractivity contribution in [1.29, 1.82) is 0 Å². The number of nitrogens with one attached hydrogen (secondary N) is 1. The summed E-state index contributed by atoms with van der Waals surface area (Å²) in [5, 5.41) is 21.4. The minimum Gasteiger partial charge on any atom is -0.504 e. The van der Waals surface area contributed by atoms with Crippen LogP contribution in [0.15, 0.2) is 30.4 Å². The van der Waals surface area contributed by atoms with Gasteiger partial charge in [-0.3, -0.25) is 4.79 Å². The van der Waals surface area contributed by atoms with Gasteiger partial charge in [-0.1, -0.05) is 12.6 Å². The molecule has 0 aromatic heterocycles. The lowest BCUT2D eigenvalue weighted by Crippen LogP contribution is -2.25. The van der Waals surface area contributed by atoms with Gasteiger partial charge in [0.1, 0.15) is 0 Å². The van der Waals surface area contributed by atoms with Crippen LogP contribution in [0.1, 0.15) is 12.5 Å². The van der Waals surface area contributed by atoms with Crippen LogP contribution in [0.4, 0.5) is 0 Å². The van der Waals surface area contributed by atoms with E-state index in [0.29, 0.717) is 18.5 Å². The Morgan fingerprint density at radius 1 is 1.35 bits per heavy atom. The fourth-order valence-electron chi connectivity index (χ4n) is 1.31. The average molecular weight is 235 g/mol. The van der Waals surface area contributed by atoms with E-state index in [2.05, 4.69) is 11.9 Å². The molecule has 4 heteroatoms. The molecule has 1 rings (SSSR count). The lowest BCUT2D eigenvalue weighted by atomic mass is 10.1. The number of carbonyl (C=O) groups excluding carboxylic acids is 1. The standard InChI is InChI=1S/C13H17NO3/c1-9(2)13(17)8-14-6-5-10-3-4-11(15)12(16)7-10/h3-4,7,14-16H,1,5-6,8H2,2H3. The minimum atomic E-state index is -0.126. The van der Waals surface area contributed by atoms with Crippen molar-refractivity contribution in [3.8, 4) is 11.5 Å². The van der Waals surface area contributed by atoms with Gasteiger partial charge in [-0.2, -0.15) is 0 Å². The summed E-state index contributed by atoms with van der Waals surface area (Å²) in [6, 6.07) is 4.69. The number of hydrogen-bond donors (Lipinski definition) is 3. The zero-order valence-electron chi connectivity index (χ0n) is 9.86. The molecule has 0 amide bonds. The molecule has 0 aliphatic rings. The number of phenolic OH excluding ortho intramolecular Hbond substituents is 2. The van der Waals surface area contributed by atoms with Crippen molar-refractivity contribution in [2.45, 2.75) is 13.3 Å². The highest BCUT2D eigenvalue weighted by atomic mass is 16.3. The maximum atomic E-state index is 11.2. The number of Topliss-reactive ketones (excluding diaryl/α,β-unsaturated/α-hetero) is 1. The molecule has 3 N–H and O–H groups in total. The fraction of sp³-hybridized carbons (Fsp3) is 0.308. The van der Waals surface area contributed by atoms with Crippen molar-refractivity contribution in [2.24, 2.45) is 0 Å². The second kappa shape index (κ2) is 6.06. The van der Waals surface area contributed by atoms with Crippen molar-refractivity contribution < 1.29 is 15.0 Å². The summed E-state index contributed by atoms with van der Waals surface area (Å²) in [5.41, 5.74) is 1.44. The SMILES string of the molecule is C=C(C)C(=O)CNCCc1ccc(O)c(O)c1. The monoisotopic (exact) mass is 235 g/mol. The summed E-state index contributed by atoms with van der Waals surface area (Å²) in [6.07, 6.45) is 0.678. The van der Waals surface area contributed by atoms with Crippen LogP contribution in [-0.2, 0) is 11.2 Å². The van der Waals surface area contributed by atoms with Crippen molar-refractivity contribution in [2.75, 3.05) is 13.1 Å². The van der Waals surface area contributed by atoms with Gasteiger partial charge in [0.2, 0.25) is 0 Å². The molecule has 92 valence electrons. The van der Waals surface area contributed by atoms with Crippen LogP contribution in [-0.4, -0.2) is 29.1 Å². The largest absolute Gasteiger partial charge is 0.504 e. The van der Waals surface area contributed by atoms with E-state index in [9.17, 15) is 9.90 Å². The molecule has 0 radical (unpaired) electrons. The first-order valence-corrected chi connectivity index (χ1v) is 5.41. The Bertz CT molecular complexity index is 427. The number of hydrogen-bond acceptors (Lipinski definition) is 4. The van der Waals surface area contributed by atoms with Crippen molar-refractivity contribution in [3.63, 3.8) is 0 Å². The van der Waals surface area contributed by atoms with Crippen molar-refractivity contribution in [1.82, 2.24) is 5.32 Å². The Kier molecular flexibility index (Phi) is 4.72. The van der Waals surface area contributed by atoms with Gasteiger partial charge in [-0.25, -0.2) is 0 Å². The van der Waals surface area contributed by atoms with E-state index in [1.165, 1.54) is 12.1 Å². The third-order valence-electron chi connectivity index (χ3n) is 2.39. The van der Waals surface area contributed by atoms with Crippen LogP contribution in [0, 0.1) is 0 Å². The normalized spacial score (nSPS) is 10.2. The predicted octanol–water partition coefficient (Wildman–Crippen LogP) is 1.38. The van der Waals surface area contributed by atoms with Crippen LogP contribution in [0.3, 0.4) is 0 Å². The first kappa shape index (κ1) is 13.3. The predicted molar refractivity (Wildman–Crippen MR) is 66.2 cm³/mol. The molecule has 1 aromatic carbocycles. The molecular weight excluding hydrogens is 218 g/mol. The molecule has 0 heterocycles. The first-order valence-electron chi connectivity index (χ1n) is 5.41. The van der Waals surface area contributed by atoms with E-state index in [1.807, 2.05) is 0 Å². The summed E-state index contributed by atoms with van der Waals surface area (Å²) in [4.78, 5) is 11.2. The molecule has 0 aliphatic heterocycles. The summed E-state index contributed by atoms with van der Waals surface area (Å²) in [7, 11) is 0. The van der Waals surface area contributed by atoms with E-state index in [-0.39, 0.29) is 23.8 Å². The second-order valence-electron chi connectivity index (χ2n) is 3.95. The summed E-state index contributed by atoms with van der Waals surface area (Å²) >= 11 is 0. The fourth-order valence-corrected chi connectivity index (χ4v) is 1.31. The van der Waals surface area contributed by atoms with E-state index in [4.69, 9.17) is 5.11 Å². The molecule has 0 fully saturated rings. The van der Waals surface area contributed by atoms with E-state index in [0.717, 1.165) is 5.56 Å². The molecule has 0 saturated carbocycles. The molecule has 0 bridgehead atoms. The zero-order valence-corrected chi connectivity index (χ0v) is 9.86. The van der Waals surface area contributed by atoms with E-state index in [1.54, 1.807) is 13.0 Å². The first-order chi connectivity index (χ1) is 8.00. The zero-order chi connectivity index (χ0) is 12.8. The molecule has 0 unspecified atom stereocenters. The van der Waals surface area contributed by atoms with Gasteiger partial charge in [0.25, 0.3) is 0 Å². The quantitative estimate of drug-likeness (QED) is 0.396. The van der Waals surface area contributed by atoms with E-state index >= 15 is 0 Å². The second-order valence-corrected chi connectivity index (χ2v) is 3.95. The van der Waals surface area contributed by atoms with Gasteiger partial charge < -0.3 is 15.5 Å². The average Bonchev–Trinajstić information content (AvgIpc) is 2.28. The van der Waals surface area contributed by atoms with Gasteiger partial charge >= 0.3 is 0 Å². The molecule has 0 atom stereocenters. The van der Waals surface area contributed by atoms with E-state index < -0.39 is 0 Å². The molecule has 17 heavy (non-hydrogen) atoms. The number of phenols is 2. The number of ketones is 1. The van der Waals surface area contributed by atoms with Crippen LogP contribution in [0.25, 0.3) is 0 Å². The Morgan fingerprint density at radius 2 is 2.06 bits per heavy atom. The smallest absolute Gasteiger partial charge is 0.171 e. The molecule has 1 aromatic rings. The van der Waals surface area contributed by atoms with Gasteiger partial charge in [0, 0.05) is 0 Å². The van der Waals surface area contributed by atoms with Gasteiger partial charge in [-0.05, 0) is 43.2 Å². The van der Waals surface area contributed by atoms with Crippen molar-refractivity contribution in [3.05, 3.63) is 35.9 Å². The molecule has 0 aliphatic carbocycles. The number of benzene rings is 1. The van der Waals surface area contributed by atoms with Crippen LogP contribution >= 0.6 is 0 Å². The molecule has 0 saturated heterocycles. The highest BCUT2D eigenvalue weighted by Gasteiger charge is 2.02. The lowest BCUT2D eigenvalue weighted by molar-refractivity contribution is -0.114. The third kappa shape index (κ3) is 4.28. The van der Waals surface area contributed by atoms with Crippen LogP contribution in [0.2, 0.25) is 0 Å². The van der Waals surface area contributed by atoms with Crippen LogP contribution < -0.4 is 5.32 Å². The van der Waals surface area contributed by atoms with Gasteiger partial charge in [-0.15, -0.1) is 0 Å². The molecule has 4 nitrogen and oxygen atoms in total. The number of carbonyl (C=O) groups is 1. The lowest BCUT2D eigenvalue weighted by Gasteiger charge is -2.05. The number of aromatic hydroxyl groups is 2. The van der Waals surface area contributed by atoms with Crippen molar-refractivity contribution >= 4 is 5.78 Å². The Balaban J connectivity index is 2.34. The summed E-state index contributed by atoms with van der Waals surface area (Å²) < 4.78 is 0. The Morgan fingerprint density at radius 3 is 2.65 bits per heavy atom. The Hall–Kier alpha value is -1.81. The highest BCUT2D eigenvalue weighted by Crippen LogP contribution is 2.24.